The van der Waals surface area contributed by atoms with E-state index >= 15 is 0 Å². The molecule has 0 bridgehead atoms. The third-order valence-electron chi connectivity index (χ3n) is 2.04. The highest BCUT2D eigenvalue weighted by Gasteiger charge is 1.96. The van der Waals surface area contributed by atoms with E-state index in [4.69, 9.17) is 5.11 Å². The molecule has 0 radical (unpaired) electrons. The van der Waals surface area contributed by atoms with Crippen molar-refractivity contribution in [1.29, 1.82) is 0 Å². The van der Waals surface area contributed by atoms with Gasteiger partial charge < -0.3 is 14.9 Å². The lowest BCUT2D eigenvalue weighted by molar-refractivity contribution is -0.142. The van der Waals surface area contributed by atoms with E-state index in [0.717, 1.165) is 16.5 Å². The number of hydrogen-bond donors (Lipinski definition) is 2. The van der Waals surface area contributed by atoms with Gasteiger partial charge in [0.15, 0.2) is 0 Å². The summed E-state index contributed by atoms with van der Waals surface area (Å²) >= 11 is 0. The average Bonchev–Trinajstić information content (AvgIpc) is 2.71. The molecule has 0 fully saturated rings. The quantitative estimate of drug-likeness (QED) is 0.604. The van der Waals surface area contributed by atoms with Gasteiger partial charge in [-0.15, -0.1) is 0 Å². The van der Waals surface area contributed by atoms with Crippen LogP contribution in [0.25, 0.3) is 10.9 Å². The number of carbonyl (C=O) groups is 1. The minimum Gasteiger partial charge on any atom is -0.479 e. The van der Waals surface area contributed by atoms with E-state index < -0.39 is 12.6 Å². The van der Waals surface area contributed by atoms with Gasteiger partial charge >= 0.3 is 5.97 Å². The summed E-state index contributed by atoms with van der Waals surface area (Å²) in [6.45, 7) is -0.429. The van der Waals surface area contributed by atoms with Crippen molar-refractivity contribution in [3.63, 3.8) is 0 Å². The Balaban J connectivity index is 2.06. The summed E-state index contributed by atoms with van der Waals surface area (Å²) in [6.07, 6.45) is 3.33. The Labute approximate surface area is 91.3 Å². The van der Waals surface area contributed by atoms with E-state index in [9.17, 15) is 4.79 Å². The van der Waals surface area contributed by atoms with Crippen LogP contribution in [0.3, 0.4) is 0 Å². The lowest BCUT2D eigenvalue weighted by Gasteiger charge is -1.95. The van der Waals surface area contributed by atoms with Crippen LogP contribution in [0.5, 0.6) is 0 Å². The molecule has 1 aromatic carbocycles. The van der Waals surface area contributed by atoms with E-state index in [1.807, 2.05) is 30.5 Å². The summed E-state index contributed by atoms with van der Waals surface area (Å²) in [5, 5.41) is 13.0. The molecule has 0 unspecified atom stereocenters. The number of aromatic amines is 1. The van der Waals surface area contributed by atoms with Crippen molar-refractivity contribution < 1.29 is 14.7 Å². The molecule has 5 heteroatoms. The second-order valence-corrected chi connectivity index (χ2v) is 3.23. The van der Waals surface area contributed by atoms with Crippen LogP contribution in [-0.2, 0) is 9.63 Å². The van der Waals surface area contributed by atoms with Crippen LogP contribution in [0.2, 0.25) is 0 Å². The van der Waals surface area contributed by atoms with Gasteiger partial charge in [-0.05, 0) is 23.1 Å². The zero-order chi connectivity index (χ0) is 11.4. The first-order valence-corrected chi connectivity index (χ1v) is 4.70. The summed E-state index contributed by atoms with van der Waals surface area (Å²) in [6, 6.07) is 7.70. The zero-order valence-corrected chi connectivity index (χ0v) is 8.38. The third kappa shape index (κ3) is 2.38. The molecule has 1 heterocycles. The minimum atomic E-state index is -1.04. The van der Waals surface area contributed by atoms with Crippen molar-refractivity contribution >= 4 is 23.1 Å². The number of carboxylic acid groups (broad SMARTS) is 1. The number of aliphatic carboxylic acids is 1. The number of benzene rings is 1. The fourth-order valence-electron chi connectivity index (χ4n) is 1.34. The fraction of sp³-hybridized carbons (Fsp3) is 0.0909. The Kier molecular flexibility index (Phi) is 2.86. The number of fused-ring (bicyclic) bond motifs is 1. The highest BCUT2D eigenvalue weighted by molar-refractivity contribution is 5.88. The number of oxime groups is 1. The van der Waals surface area contributed by atoms with Crippen molar-refractivity contribution in [3.05, 3.63) is 36.0 Å². The van der Waals surface area contributed by atoms with Gasteiger partial charge in [0.2, 0.25) is 6.61 Å². The molecule has 16 heavy (non-hydrogen) atoms. The average molecular weight is 218 g/mol. The maximum Gasteiger partial charge on any atom is 0.344 e. The highest BCUT2D eigenvalue weighted by Crippen LogP contribution is 2.12. The standard InChI is InChI=1S/C11H10N2O3/c14-11(15)7-16-13-6-8-1-2-9-3-4-12-10(9)5-8/h1-6,12H,7H2,(H,14,15). The lowest BCUT2D eigenvalue weighted by Crippen LogP contribution is -2.03. The van der Waals surface area contributed by atoms with Crippen molar-refractivity contribution in [2.45, 2.75) is 0 Å². The van der Waals surface area contributed by atoms with E-state index in [0.29, 0.717) is 0 Å². The molecule has 0 aliphatic rings. The summed E-state index contributed by atoms with van der Waals surface area (Å²) in [5.41, 5.74) is 1.85. The normalized spacial score (nSPS) is 11.0. The maximum absolute atomic E-state index is 10.1. The largest absolute Gasteiger partial charge is 0.479 e. The SMILES string of the molecule is O=C(O)CON=Cc1ccc2cc[nH]c2c1. The van der Waals surface area contributed by atoms with Crippen molar-refractivity contribution in [1.82, 2.24) is 4.98 Å². The number of aromatic nitrogens is 1. The Hall–Kier alpha value is -2.30. The highest BCUT2D eigenvalue weighted by atomic mass is 16.6. The van der Waals surface area contributed by atoms with Gasteiger partial charge in [-0.3, -0.25) is 0 Å². The number of hydrogen-bond acceptors (Lipinski definition) is 3. The smallest absolute Gasteiger partial charge is 0.344 e. The number of rotatable bonds is 4. The van der Waals surface area contributed by atoms with Crippen molar-refractivity contribution in [2.75, 3.05) is 6.61 Å². The van der Waals surface area contributed by atoms with Crippen molar-refractivity contribution in [3.8, 4) is 0 Å². The molecule has 2 N–H and O–H groups in total. The van der Waals surface area contributed by atoms with Crippen molar-refractivity contribution in [2.24, 2.45) is 5.16 Å². The molecule has 82 valence electrons. The van der Waals surface area contributed by atoms with Crippen LogP contribution in [0.1, 0.15) is 5.56 Å². The summed E-state index contributed by atoms with van der Waals surface area (Å²) < 4.78 is 0. The van der Waals surface area contributed by atoms with E-state index in [1.54, 1.807) is 0 Å². The molecule has 2 aromatic rings. The van der Waals surface area contributed by atoms with E-state index in [2.05, 4.69) is 15.0 Å². The van der Waals surface area contributed by atoms with Gasteiger partial charge in [-0.1, -0.05) is 17.3 Å². The summed E-state index contributed by atoms with van der Waals surface area (Å²) in [5.74, 6) is -1.04. The fourth-order valence-corrected chi connectivity index (χ4v) is 1.34. The Bertz CT molecular complexity index is 531. The molecule has 2 rings (SSSR count). The van der Waals surface area contributed by atoms with Gasteiger partial charge in [0.05, 0.1) is 6.21 Å². The first kappa shape index (κ1) is 10.2. The molecule has 0 aliphatic carbocycles. The predicted octanol–water partition coefficient (Wildman–Crippen LogP) is 1.60. The minimum absolute atomic E-state index is 0.429. The lowest BCUT2D eigenvalue weighted by atomic mass is 10.2. The molecule has 0 saturated heterocycles. The number of nitrogens with one attached hydrogen (secondary N) is 1. The van der Waals surface area contributed by atoms with Gasteiger partial charge in [-0.25, -0.2) is 4.79 Å². The number of H-pyrrole nitrogens is 1. The summed E-state index contributed by atoms with van der Waals surface area (Å²) in [4.78, 5) is 17.8. The topological polar surface area (TPSA) is 74.7 Å². The molecule has 0 saturated carbocycles. The van der Waals surface area contributed by atoms with Crippen LogP contribution in [0.15, 0.2) is 35.6 Å². The number of nitrogens with zero attached hydrogens (tertiary/aromatic N) is 1. The summed E-state index contributed by atoms with van der Waals surface area (Å²) in [7, 11) is 0. The molecule has 0 spiro atoms. The first-order chi connectivity index (χ1) is 7.75. The molecule has 0 aliphatic heterocycles. The number of carboxylic acids is 1. The second kappa shape index (κ2) is 4.48. The Morgan fingerprint density at radius 1 is 1.50 bits per heavy atom. The molecular formula is C11H10N2O3. The van der Waals surface area contributed by atoms with Gasteiger partial charge in [-0.2, -0.15) is 0 Å². The van der Waals surface area contributed by atoms with Gasteiger partial charge in [0.1, 0.15) is 0 Å². The Morgan fingerprint density at radius 3 is 3.19 bits per heavy atom. The maximum atomic E-state index is 10.1. The molecular weight excluding hydrogens is 208 g/mol. The molecule has 0 atom stereocenters. The third-order valence-corrected chi connectivity index (χ3v) is 2.04. The predicted molar refractivity (Wildman–Crippen MR) is 59.5 cm³/mol. The monoisotopic (exact) mass is 218 g/mol. The molecule has 5 nitrogen and oxygen atoms in total. The Morgan fingerprint density at radius 2 is 2.38 bits per heavy atom. The van der Waals surface area contributed by atoms with Crippen LogP contribution in [0, 0.1) is 0 Å². The van der Waals surface area contributed by atoms with Crippen LogP contribution < -0.4 is 0 Å². The first-order valence-electron chi connectivity index (χ1n) is 4.70. The van der Waals surface area contributed by atoms with Crippen LogP contribution >= 0.6 is 0 Å². The van der Waals surface area contributed by atoms with Crippen LogP contribution in [-0.4, -0.2) is 28.9 Å². The zero-order valence-electron chi connectivity index (χ0n) is 8.38. The van der Waals surface area contributed by atoms with Gasteiger partial charge in [0, 0.05) is 11.7 Å². The van der Waals surface area contributed by atoms with E-state index in [1.165, 1.54) is 6.21 Å². The van der Waals surface area contributed by atoms with E-state index in [-0.39, 0.29) is 0 Å². The van der Waals surface area contributed by atoms with Gasteiger partial charge in [0.25, 0.3) is 0 Å². The molecule has 0 amide bonds. The molecule has 1 aromatic heterocycles. The van der Waals surface area contributed by atoms with Crippen LogP contribution in [0.4, 0.5) is 0 Å². The second-order valence-electron chi connectivity index (χ2n) is 3.23.